The van der Waals surface area contributed by atoms with Crippen LogP contribution in [0.4, 0.5) is 0 Å². The first-order chi connectivity index (χ1) is 9.79. The largest absolute Gasteiger partial charge is 0.312 e. The van der Waals surface area contributed by atoms with Gasteiger partial charge >= 0.3 is 0 Å². The van der Waals surface area contributed by atoms with Crippen molar-refractivity contribution >= 4 is 11.0 Å². The minimum Gasteiger partial charge on any atom is -0.312 e. The zero-order valence-electron chi connectivity index (χ0n) is 11.9. The molecule has 1 N–H and O–H groups in total. The van der Waals surface area contributed by atoms with Crippen molar-refractivity contribution in [2.45, 2.75) is 38.8 Å². The second-order valence-corrected chi connectivity index (χ2v) is 5.59. The molecule has 2 aromatic rings. The van der Waals surface area contributed by atoms with E-state index in [4.69, 9.17) is 0 Å². The van der Waals surface area contributed by atoms with E-state index >= 15 is 0 Å². The van der Waals surface area contributed by atoms with E-state index in [1.165, 1.54) is 19.0 Å². The van der Waals surface area contributed by atoms with Gasteiger partial charge in [-0.2, -0.15) is 0 Å². The third-order valence-corrected chi connectivity index (χ3v) is 3.98. The Morgan fingerprint density at radius 2 is 2.20 bits per heavy atom. The van der Waals surface area contributed by atoms with Crippen LogP contribution in [0.1, 0.15) is 26.2 Å². The van der Waals surface area contributed by atoms with E-state index in [-0.39, 0.29) is 5.56 Å². The first-order valence-corrected chi connectivity index (χ1v) is 7.47. The minimum absolute atomic E-state index is 0.00681. The number of rotatable bonds is 6. The summed E-state index contributed by atoms with van der Waals surface area (Å²) in [6, 6.07) is 8.26. The predicted octanol–water partition coefficient (Wildman–Crippen LogP) is 2.17. The first-order valence-electron chi connectivity index (χ1n) is 7.47. The Morgan fingerprint density at radius 3 is 2.95 bits per heavy atom. The van der Waals surface area contributed by atoms with Crippen molar-refractivity contribution in [1.29, 1.82) is 0 Å². The van der Waals surface area contributed by atoms with E-state index in [0.29, 0.717) is 6.04 Å². The Morgan fingerprint density at radius 1 is 1.40 bits per heavy atom. The lowest BCUT2D eigenvalue weighted by molar-refractivity contribution is 0.407. The Kier molecular flexibility index (Phi) is 3.83. The van der Waals surface area contributed by atoms with Crippen molar-refractivity contribution in [3.05, 3.63) is 40.8 Å². The van der Waals surface area contributed by atoms with E-state index in [0.717, 1.165) is 36.5 Å². The average molecular weight is 271 g/mol. The Labute approximate surface area is 118 Å². The molecule has 106 valence electrons. The molecule has 1 aliphatic rings. The Bertz CT molecular complexity index is 645. The van der Waals surface area contributed by atoms with E-state index < -0.39 is 0 Å². The Hall–Kier alpha value is -1.68. The number of benzene rings is 1. The van der Waals surface area contributed by atoms with Crippen LogP contribution in [0.25, 0.3) is 11.0 Å². The molecule has 20 heavy (non-hydrogen) atoms. The van der Waals surface area contributed by atoms with Gasteiger partial charge in [-0.3, -0.25) is 4.79 Å². The number of nitrogens with one attached hydrogen (secondary N) is 1. The molecule has 1 aromatic heterocycles. The molecular formula is C16H21N3O. The second kappa shape index (κ2) is 5.75. The summed E-state index contributed by atoms with van der Waals surface area (Å²) in [5.74, 6) is 0.723. The number of hydrogen-bond acceptors (Lipinski definition) is 3. The minimum atomic E-state index is -0.00681. The molecule has 1 fully saturated rings. The van der Waals surface area contributed by atoms with E-state index in [1.807, 2.05) is 28.8 Å². The smallest absolute Gasteiger partial charge is 0.269 e. The molecule has 4 heteroatoms. The normalized spacial score (nSPS) is 16.4. The second-order valence-electron chi connectivity index (χ2n) is 5.59. The van der Waals surface area contributed by atoms with Gasteiger partial charge in [0, 0.05) is 12.6 Å². The molecule has 0 amide bonds. The van der Waals surface area contributed by atoms with Gasteiger partial charge in [-0.05, 0) is 43.9 Å². The third kappa shape index (κ3) is 2.75. The van der Waals surface area contributed by atoms with Crippen molar-refractivity contribution < 1.29 is 0 Å². The van der Waals surface area contributed by atoms with Gasteiger partial charge in [0.1, 0.15) is 0 Å². The van der Waals surface area contributed by atoms with Gasteiger partial charge in [0.2, 0.25) is 0 Å². The van der Waals surface area contributed by atoms with Gasteiger partial charge in [0.25, 0.3) is 5.56 Å². The predicted molar refractivity (Wildman–Crippen MR) is 80.8 cm³/mol. The van der Waals surface area contributed by atoms with Crippen molar-refractivity contribution in [3.63, 3.8) is 0 Å². The molecule has 0 aliphatic heterocycles. The number of aromatic nitrogens is 2. The summed E-state index contributed by atoms with van der Waals surface area (Å²) >= 11 is 0. The van der Waals surface area contributed by atoms with E-state index in [1.54, 1.807) is 0 Å². The molecule has 1 saturated carbocycles. The van der Waals surface area contributed by atoms with Gasteiger partial charge in [-0.25, -0.2) is 4.98 Å². The van der Waals surface area contributed by atoms with Gasteiger partial charge in [-0.1, -0.05) is 19.1 Å². The Balaban J connectivity index is 1.92. The fraction of sp³-hybridized carbons (Fsp3) is 0.500. The fourth-order valence-electron chi connectivity index (χ4n) is 2.71. The molecule has 0 saturated heterocycles. The number of nitrogens with zero attached hydrogens (tertiary/aromatic N) is 2. The summed E-state index contributed by atoms with van der Waals surface area (Å²) in [5, 5.41) is 3.59. The quantitative estimate of drug-likeness (QED) is 0.876. The van der Waals surface area contributed by atoms with Gasteiger partial charge in [0.05, 0.1) is 17.2 Å². The van der Waals surface area contributed by atoms with Crippen LogP contribution >= 0.6 is 0 Å². The molecule has 0 bridgehead atoms. The van der Waals surface area contributed by atoms with E-state index in [2.05, 4.69) is 17.2 Å². The summed E-state index contributed by atoms with van der Waals surface area (Å²) in [6.07, 6.45) is 5.11. The molecule has 1 aliphatic carbocycles. The summed E-state index contributed by atoms with van der Waals surface area (Å²) in [5.41, 5.74) is 1.81. The SMILES string of the molecule is CCCNC(Cn1c(=O)cnc2ccccc21)C1CC1. The third-order valence-electron chi connectivity index (χ3n) is 3.98. The zero-order chi connectivity index (χ0) is 13.9. The van der Waals surface area contributed by atoms with Crippen molar-refractivity contribution in [3.8, 4) is 0 Å². The van der Waals surface area contributed by atoms with Gasteiger partial charge < -0.3 is 9.88 Å². The highest BCUT2D eigenvalue weighted by Gasteiger charge is 2.31. The van der Waals surface area contributed by atoms with Crippen LogP contribution in [0.15, 0.2) is 35.3 Å². The number of hydrogen-bond donors (Lipinski definition) is 1. The molecule has 1 heterocycles. The summed E-state index contributed by atoms with van der Waals surface area (Å²) in [7, 11) is 0. The maximum absolute atomic E-state index is 12.2. The molecule has 1 unspecified atom stereocenters. The van der Waals surface area contributed by atoms with E-state index in [9.17, 15) is 4.79 Å². The summed E-state index contributed by atoms with van der Waals surface area (Å²) in [6.45, 7) is 3.93. The molecule has 1 atom stereocenters. The topological polar surface area (TPSA) is 46.9 Å². The van der Waals surface area contributed by atoms with Gasteiger partial charge in [0.15, 0.2) is 0 Å². The molecule has 3 rings (SSSR count). The maximum Gasteiger partial charge on any atom is 0.269 e. The van der Waals surface area contributed by atoms with Crippen LogP contribution in [-0.2, 0) is 6.54 Å². The van der Waals surface area contributed by atoms with Crippen LogP contribution in [0.3, 0.4) is 0 Å². The van der Waals surface area contributed by atoms with Crippen molar-refractivity contribution in [2.75, 3.05) is 6.54 Å². The van der Waals surface area contributed by atoms with Crippen LogP contribution < -0.4 is 10.9 Å². The highest BCUT2D eigenvalue weighted by atomic mass is 16.1. The molecule has 0 radical (unpaired) electrons. The summed E-state index contributed by atoms with van der Waals surface area (Å²) < 4.78 is 1.87. The highest BCUT2D eigenvalue weighted by molar-refractivity contribution is 5.74. The lowest BCUT2D eigenvalue weighted by atomic mass is 10.1. The fourth-order valence-corrected chi connectivity index (χ4v) is 2.71. The lowest BCUT2D eigenvalue weighted by Crippen LogP contribution is -2.38. The van der Waals surface area contributed by atoms with Crippen LogP contribution in [-0.4, -0.2) is 22.1 Å². The van der Waals surface area contributed by atoms with Crippen LogP contribution in [0, 0.1) is 5.92 Å². The highest BCUT2D eigenvalue weighted by Crippen LogP contribution is 2.33. The number of para-hydroxylation sites is 2. The van der Waals surface area contributed by atoms with Crippen molar-refractivity contribution in [1.82, 2.24) is 14.9 Å². The van der Waals surface area contributed by atoms with Crippen LogP contribution in [0.5, 0.6) is 0 Å². The standard InChI is InChI=1S/C16H21N3O/c1-2-9-17-14(12-7-8-12)11-19-15-6-4-3-5-13(15)18-10-16(19)20/h3-6,10,12,14,17H,2,7-9,11H2,1H3. The van der Waals surface area contributed by atoms with Gasteiger partial charge in [-0.15, -0.1) is 0 Å². The maximum atomic E-state index is 12.2. The van der Waals surface area contributed by atoms with Crippen LogP contribution in [0.2, 0.25) is 0 Å². The molecule has 4 nitrogen and oxygen atoms in total. The lowest BCUT2D eigenvalue weighted by Gasteiger charge is -2.20. The number of fused-ring (bicyclic) bond motifs is 1. The molecule has 1 aromatic carbocycles. The molecular weight excluding hydrogens is 250 g/mol. The monoisotopic (exact) mass is 271 g/mol. The molecule has 0 spiro atoms. The summed E-state index contributed by atoms with van der Waals surface area (Å²) in [4.78, 5) is 16.4. The van der Waals surface area contributed by atoms with Crippen molar-refractivity contribution in [2.24, 2.45) is 5.92 Å². The average Bonchev–Trinajstić information content (AvgIpc) is 3.30. The first kappa shape index (κ1) is 13.3. The zero-order valence-corrected chi connectivity index (χ0v) is 11.9.